The number of hydrogen-bond donors (Lipinski definition) is 0. The highest BCUT2D eigenvalue weighted by Crippen LogP contribution is 2.32. The third kappa shape index (κ3) is 5.40. The van der Waals surface area contributed by atoms with E-state index in [-0.39, 0.29) is 18.4 Å². The average Bonchev–Trinajstić information content (AvgIpc) is 3.38. The molecule has 0 saturated carbocycles. The number of rotatable bonds is 10. The molecule has 1 amide bonds. The molecule has 0 aliphatic rings. The van der Waals surface area contributed by atoms with Crippen molar-refractivity contribution >= 4 is 5.91 Å². The van der Waals surface area contributed by atoms with Gasteiger partial charge in [-0.25, -0.2) is 22.8 Å². The monoisotopic (exact) mass is 474 g/mol. The van der Waals surface area contributed by atoms with Gasteiger partial charge in [0.15, 0.2) is 5.82 Å². The number of halogens is 3. The smallest absolute Gasteiger partial charge is 0.274 e. The number of pyridine rings is 1. The first-order chi connectivity index (χ1) is 16.2. The van der Waals surface area contributed by atoms with Crippen LogP contribution in [-0.2, 0) is 12.3 Å². The maximum absolute atomic E-state index is 14.4. The van der Waals surface area contributed by atoms with Crippen LogP contribution in [0.5, 0.6) is 5.88 Å². The fourth-order valence-electron chi connectivity index (χ4n) is 3.62. The normalized spacial score (nSPS) is 12.4. The van der Waals surface area contributed by atoms with Gasteiger partial charge in [0.1, 0.15) is 6.61 Å². The first kappa shape index (κ1) is 25.3. The molecule has 9 heteroatoms. The van der Waals surface area contributed by atoms with Gasteiger partial charge >= 0.3 is 0 Å². The molecule has 0 saturated heterocycles. The van der Waals surface area contributed by atoms with E-state index in [0.29, 0.717) is 17.8 Å². The summed E-state index contributed by atoms with van der Waals surface area (Å²) in [6, 6.07) is 7.75. The van der Waals surface area contributed by atoms with Crippen LogP contribution in [0.4, 0.5) is 13.2 Å². The van der Waals surface area contributed by atoms with Crippen molar-refractivity contribution in [3.05, 3.63) is 71.4 Å². The van der Waals surface area contributed by atoms with Crippen molar-refractivity contribution in [3.8, 4) is 11.6 Å². The van der Waals surface area contributed by atoms with Gasteiger partial charge in [0.05, 0.1) is 17.3 Å². The zero-order valence-corrected chi connectivity index (χ0v) is 19.8. The maximum atomic E-state index is 14.4. The van der Waals surface area contributed by atoms with Gasteiger partial charge in [-0.2, -0.15) is 5.10 Å². The van der Waals surface area contributed by atoms with E-state index in [9.17, 15) is 18.0 Å². The van der Waals surface area contributed by atoms with E-state index in [1.165, 1.54) is 6.92 Å². The molecule has 0 spiro atoms. The van der Waals surface area contributed by atoms with Crippen LogP contribution in [-0.4, -0.2) is 44.8 Å². The summed E-state index contributed by atoms with van der Waals surface area (Å²) in [5.74, 6) is -4.73. The average molecular weight is 475 g/mol. The minimum atomic E-state index is -3.16. The molecule has 1 aromatic carbocycles. The molecule has 2 heterocycles. The number of carbonyl (C=O) groups is 1. The highest BCUT2D eigenvalue weighted by molar-refractivity contribution is 5.98. The summed E-state index contributed by atoms with van der Waals surface area (Å²) in [5.41, 5.74) is 1.65. The Labute approximate surface area is 197 Å². The number of hydrogen-bond acceptors (Lipinski definition) is 4. The van der Waals surface area contributed by atoms with Crippen LogP contribution in [0.2, 0.25) is 0 Å². The SMILES string of the molecule is CCc1ccc(-n2cccn2)c(C(=O)N(CC)[C@@H](C)COc2ncc(C(F)(F)CC)cc2F)c1. The number of benzene rings is 1. The molecule has 0 fully saturated rings. The van der Waals surface area contributed by atoms with E-state index in [0.717, 1.165) is 24.2 Å². The fraction of sp³-hybridized carbons (Fsp3) is 0.400. The van der Waals surface area contributed by atoms with Crippen LogP contribution in [0.15, 0.2) is 48.9 Å². The van der Waals surface area contributed by atoms with Gasteiger partial charge in [0.2, 0.25) is 5.88 Å². The van der Waals surface area contributed by atoms with Crippen molar-refractivity contribution in [1.82, 2.24) is 19.7 Å². The third-order valence-corrected chi connectivity index (χ3v) is 5.72. The van der Waals surface area contributed by atoms with Crippen LogP contribution in [0.3, 0.4) is 0 Å². The Morgan fingerprint density at radius 3 is 2.59 bits per heavy atom. The maximum Gasteiger partial charge on any atom is 0.274 e. The van der Waals surface area contributed by atoms with Crippen LogP contribution in [0.25, 0.3) is 5.69 Å². The molecular formula is C25H29F3N4O2. The van der Waals surface area contributed by atoms with Crippen molar-refractivity contribution in [2.45, 2.75) is 52.5 Å². The van der Waals surface area contributed by atoms with Gasteiger partial charge in [-0.15, -0.1) is 0 Å². The van der Waals surface area contributed by atoms with Crippen molar-refractivity contribution in [2.75, 3.05) is 13.2 Å². The van der Waals surface area contributed by atoms with E-state index in [2.05, 4.69) is 10.1 Å². The fourth-order valence-corrected chi connectivity index (χ4v) is 3.62. The second-order valence-electron chi connectivity index (χ2n) is 7.98. The molecule has 1 atom stereocenters. The molecule has 6 nitrogen and oxygen atoms in total. The third-order valence-electron chi connectivity index (χ3n) is 5.72. The Morgan fingerprint density at radius 2 is 2.00 bits per heavy atom. The van der Waals surface area contributed by atoms with Gasteiger partial charge in [-0.05, 0) is 50.1 Å². The molecule has 0 bridgehead atoms. The summed E-state index contributed by atoms with van der Waals surface area (Å²) in [7, 11) is 0. The summed E-state index contributed by atoms with van der Waals surface area (Å²) < 4.78 is 49.1. The number of ether oxygens (including phenoxy) is 1. The molecule has 0 unspecified atom stereocenters. The predicted octanol–water partition coefficient (Wildman–Crippen LogP) is 5.40. The lowest BCUT2D eigenvalue weighted by atomic mass is 10.0. The number of alkyl halides is 2. The number of amides is 1. The molecular weight excluding hydrogens is 445 g/mol. The molecule has 3 rings (SSSR count). The minimum absolute atomic E-state index is 0.0579. The Bertz CT molecular complexity index is 1120. The van der Waals surface area contributed by atoms with Crippen molar-refractivity contribution in [2.24, 2.45) is 0 Å². The van der Waals surface area contributed by atoms with Crippen LogP contribution in [0.1, 0.15) is 55.6 Å². The van der Waals surface area contributed by atoms with Crippen LogP contribution < -0.4 is 4.74 Å². The molecule has 2 aromatic heterocycles. The van der Waals surface area contributed by atoms with Crippen molar-refractivity contribution in [3.63, 3.8) is 0 Å². The molecule has 0 radical (unpaired) electrons. The largest absolute Gasteiger partial charge is 0.473 e. The summed E-state index contributed by atoms with van der Waals surface area (Å²) in [6.45, 7) is 7.26. The van der Waals surface area contributed by atoms with Crippen molar-refractivity contribution < 1.29 is 22.7 Å². The second kappa shape index (κ2) is 10.7. The first-order valence-electron chi connectivity index (χ1n) is 11.3. The number of nitrogens with zero attached hydrogens (tertiary/aromatic N) is 4. The predicted molar refractivity (Wildman–Crippen MR) is 123 cm³/mol. The topological polar surface area (TPSA) is 60.2 Å². The summed E-state index contributed by atoms with van der Waals surface area (Å²) in [4.78, 5) is 18.9. The minimum Gasteiger partial charge on any atom is -0.473 e. The number of likely N-dealkylation sites (N-methyl/N-ethyl adjacent to an activating group) is 1. The number of carbonyl (C=O) groups excluding carboxylic acids is 1. The molecule has 182 valence electrons. The summed E-state index contributed by atoms with van der Waals surface area (Å²) >= 11 is 0. The molecule has 0 aliphatic heterocycles. The Morgan fingerprint density at radius 1 is 1.24 bits per heavy atom. The number of aromatic nitrogens is 3. The highest BCUT2D eigenvalue weighted by atomic mass is 19.3. The zero-order chi connectivity index (χ0) is 24.9. The van der Waals surface area contributed by atoms with Crippen molar-refractivity contribution in [1.29, 1.82) is 0 Å². The quantitative estimate of drug-likeness (QED) is 0.395. The lowest BCUT2D eigenvalue weighted by molar-refractivity contribution is -0.00909. The Balaban J connectivity index is 1.79. The van der Waals surface area contributed by atoms with Crippen LogP contribution >= 0.6 is 0 Å². The summed E-state index contributed by atoms with van der Waals surface area (Å²) in [6.07, 6.45) is 4.63. The van der Waals surface area contributed by atoms with E-state index in [1.54, 1.807) is 35.0 Å². The number of aryl methyl sites for hydroxylation is 1. The van der Waals surface area contributed by atoms with E-state index < -0.39 is 29.8 Å². The standard InChI is InChI=1S/C25H29F3N4O2/c1-5-18-9-10-22(32-12-8-11-30-32)20(13-18)24(33)31(7-3)17(4)16-34-23-21(26)14-19(15-29-23)25(27,28)6-2/h8-15,17H,5-7,16H2,1-4H3/t17-/m0/s1. The van der Waals surface area contributed by atoms with Gasteiger partial charge < -0.3 is 9.64 Å². The second-order valence-corrected chi connectivity index (χ2v) is 7.98. The lowest BCUT2D eigenvalue weighted by Crippen LogP contribution is -2.42. The summed E-state index contributed by atoms with van der Waals surface area (Å²) in [5, 5.41) is 4.25. The van der Waals surface area contributed by atoms with E-state index in [4.69, 9.17) is 4.74 Å². The van der Waals surface area contributed by atoms with Gasteiger partial charge in [-0.3, -0.25) is 4.79 Å². The van der Waals surface area contributed by atoms with Crippen LogP contribution in [0, 0.1) is 5.82 Å². The molecule has 0 aliphatic carbocycles. The van der Waals surface area contributed by atoms with E-state index in [1.807, 2.05) is 32.0 Å². The van der Waals surface area contributed by atoms with Gasteiger partial charge in [-0.1, -0.05) is 19.9 Å². The highest BCUT2D eigenvalue weighted by Gasteiger charge is 2.31. The van der Waals surface area contributed by atoms with Gasteiger partial charge in [0, 0.05) is 37.1 Å². The molecule has 34 heavy (non-hydrogen) atoms. The molecule has 0 N–H and O–H groups in total. The van der Waals surface area contributed by atoms with E-state index >= 15 is 0 Å². The van der Waals surface area contributed by atoms with Gasteiger partial charge in [0.25, 0.3) is 11.8 Å². The Kier molecular flexibility index (Phi) is 7.96. The lowest BCUT2D eigenvalue weighted by Gasteiger charge is -2.29. The zero-order valence-electron chi connectivity index (χ0n) is 19.8. The Hall–Kier alpha value is -3.36. The first-order valence-corrected chi connectivity index (χ1v) is 11.3. The molecule has 3 aromatic rings.